The molecular formula is C9H17N2O3S-. The van der Waals surface area contributed by atoms with Gasteiger partial charge in [-0.15, -0.1) is 0 Å². The number of hydrogen-bond acceptors (Lipinski definition) is 4. The molecule has 1 atom stereocenters. The summed E-state index contributed by atoms with van der Waals surface area (Å²) in [4.78, 5) is 2.00. The van der Waals surface area contributed by atoms with Crippen molar-refractivity contribution in [3.63, 3.8) is 0 Å². The van der Waals surface area contributed by atoms with Crippen molar-refractivity contribution in [1.82, 2.24) is 11.1 Å². The highest BCUT2D eigenvalue weighted by Crippen LogP contribution is 2.32. The van der Waals surface area contributed by atoms with Gasteiger partial charge < -0.3 is 20.2 Å². The second-order valence-corrected chi connectivity index (χ2v) is 3.57. The van der Waals surface area contributed by atoms with E-state index in [1.807, 2.05) is 26.0 Å². The van der Waals surface area contributed by atoms with Crippen LogP contribution in [0, 0.1) is 0 Å². The van der Waals surface area contributed by atoms with Crippen molar-refractivity contribution in [2.45, 2.75) is 0 Å². The van der Waals surface area contributed by atoms with Gasteiger partial charge in [-0.3, -0.25) is 0 Å². The molecule has 0 aromatic carbocycles. The normalized spacial score (nSPS) is 11.1. The van der Waals surface area contributed by atoms with E-state index in [2.05, 4.69) is 24.3 Å². The van der Waals surface area contributed by atoms with Crippen LogP contribution in [-0.4, -0.2) is 39.4 Å². The number of fused-ring (bicyclic) bond motifs is 1. The molecule has 0 aliphatic heterocycles. The molecule has 0 spiro atoms. The quantitative estimate of drug-likeness (QED) is 0.669. The fourth-order valence-corrected chi connectivity index (χ4v) is 0.676. The molecule has 0 saturated heterocycles. The number of benzene rings is 1. The van der Waals surface area contributed by atoms with Crippen molar-refractivity contribution in [2.24, 2.45) is 0 Å². The SMILES string of the molecule is CN(C)C.N.O=S([O-])O.c1cc2cc-2c1. The van der Waals surface area contributed by atoms with Gasteiger partial charge in [0.05, 0.1) is 11.4 Å². The van der Waals surface area contributed by atoms with Crippen molar-refractivity contribution in [1.29, 1.82) is 0 Å². The first-order chi connectivity index (χ1) is 6.43. The molecule has 15 heavy (non-hydrogen) atoms. The van der Waals surface area contributed by atoms with Crippen molar-refractivity contribution >= 4 is 11.4 Å². The fourth-order valence-electron chi connectivity index (χ4n) is 0.676. The zero-order valence-corrected chi connectivity index (χ0v) is 9.95. The molecule has 0 saturated carbocycles. The highest BCUT2D eigenvalue weighted by atomic mass is 32.2. The molecule has 0 amide bonds. The molecule has 5 nitrogen and oxygen atoms in total. The van der Waals surface area contributed by atoms with Gasteiger partial charge in [0.15, 0.2) is 0 Å². The van der Waals surface area contributed by atoms with Crippen LogP contribution < -0.4 is 6.15 Å². The fraction of sp³-hybridized carbons (Fsp3) is 0.333. The standard InChI is InChI=1S/C6H4.C3H9N.H3N.H2O3S/c1-2-5-4-6(5)3-1;1-4(2)3;;1-4(2)3/h1-4H;1-3H3;1H3;(H2,1,2,3)/p-1. The van der Waals surface area contributed by atoms with Crippen molar-refractivity contribution in [3.05, 3.63) is 24.3 Å². The minimum absolute atomic E-state index is 0. The summed E-state index contributed by atoms with van der Waals surface area (Å²) in [5, 5.41) is 0. The molecule has 0 heterocycles. The maximum absolute atomic E-state index is 8.56. The summed E-state index contributed by atoms with van der Waals surface area (Å²) in [7, 11) is 6.00. The predicted molar refractivity (Wildman–Crippen MR) is 61.6 cm³/mol. The highest BCUT2D eigenvalue weighted by Gasteiger charge is 2.06. The number of nitrogens with zero attached hydrogens (tertiary/aromatic N) is 1. The van der Waals surface area contributed by atoms with Gasteiger partial charge in [0.25, 0.3) is 0 Å². The molecule has 0 aromatic heterocycles. The first kappa shape index (κ1) is 16.6. The second kappa shape index (κ2) is 8.51. The number of rotatable bonds is 0. The first-order valence-corrected chi connectivity index (χ1v) is 4.96. The van der Waals surface area contributed by atoms with Crippen LogP contribution in [0.15, 0.2) is 24.3 Å². The predicted octanol–water partition coefficient (Wildman–Crippen LogP) is 1.35. The van der Waals surface area contributed by atoms with Gasteiger partial charge in [-0.1, -0.05) is 18.2 Å². The molecule has 88 valence electrons. The summed E-state index contributed by atoms with van der Waals surface area (Å²) in [5.74, 6) is 0. The molecule has 2 aliphatic rings. The molecular weight excluding hydrogens is 216 g/mol. The van der Waals surface area contributed by atoms with Crippen LogP contribution in [0.3, 0.4) is 0 Å². The minimum Gasteiger partial charge on any atom is -0.750 e. The third kappa shape index (κ3) is 13.2. The summed E-state index contributed by atoms with van der Waals surface area (Å²) >= 11 is -2.86. The van der Waals surface area contributed by atoms with Crippen LogP contribution in [0.25, 0.3) is 11.1 Å². The summed E-state index contributed by atoms with van der Waals surface area (Å²) in [6.07, 6.45) is 0. The van der Waals surface area contributed by atoms with Crippen molar-refractivity contribution in [3.8, 4) is 11.1 Å². The van der Waals surface area contributed by atoms with Crippen LogP contribution >= 0.6 is 0 Å². The molecule has 0 aromatic rings. The van der Waals surface area contributed by atoms with Crippen LogP contribution in [0.1, 0.15) is 0 Å². The Hall–Kier alpha value is -0.790. The van der Waals surface area contributed by atoms with Gasteiger partial charge >= 0.3 is 0 Å². The highest BCUT2D eigenvalue weighted by molar-refractivity contribution is 7.73. The molecule has 0 radical (unpaired) electrons. The lowest BCUT2D eigenvalue weighted by atomic mass is 10.6. The zero-order chi connectivity index (χ0) is 11.1. The van der Waals surface area contributed by atoms with Gasteiger partial charge in [-0.2, -0.15) is 0 Å². The van der Waals surface area contributed by atoms with Gasteiger partial charge in [-0.05, 0) is 38.3 Å². The van der Waals surface area contributed by atoms with E-state index in [4.69, 9.17) is 13.3 Å². The number of hydrogen-bond donors (Lipinski definition) is 2. The smallest absolute Gasteiger partial charge is 0.0814 e. The van der Waals surface area contributed by atoms with E-state index < -0.39 is 11.4 Å². The Morgan fingerprint density at radius 3 is 1.60 bits per heavy atom. The maximum atomic E-state index is 8.56. The van der Waals surface area contributed by atoms with Gasteiger partial charge in [-0.25, -0.2) is 4.21 Å². The van der Waals surface area contributed by atoms with E-state index in [-0.39, 0.29) is 6.15 Å². The summed E-state index contributed by atoms with van der Waals surface area (Å²) in [6.45, 7) is 0. The Kier molecular flexibility index (Phi) is 9.44. The Morgan fingerprint density at radius 1 is 1.27 bits per heavy atom. The molecule has 2 rings (SSSR count). The van der Waals surface area contributed by atoms with Crippen molar-refractivity contribution in [2.75, 3.05) is 21.1 Å². The lowest BCUT2D eigenvalue weighted by molar-refractivity contribution is 0.436. The van der Waals surface area contributed by atoms with E-state index in [0.717, 1.165) is 0 Å². The average molecular weight is 233 g/mol. The Morgan fingerprint density at radius 2 is 1.53 bits per heavy atom. The van der Waals surface area contributed by atoms with E-state index in [9.17, 15) is 0 Å². The molecule has 6 heteroatoms. The topological polar surface area (TPSA) is 98.6 Å². The van der Waals surface area contributed by atoms with Gasteiger partial charge in [0.2, 0.25) is 0 Å². The van der Waals surface area contributed by atoms with Crippen LogP contribution in [0.4, 0.5) is 0 Å². The molecule has 4 N–H and O–H groups in total. The van der Waals surface area contributed by atoms with E-state index in [1.165, 1.54) is 11.1 Å². The lowest BCUT2D eigenvalue weighted by Gasteiger charge is -1.90. The van der Waals surface area contributed by atoms with E-state index in [1.54, 1.807) is 0 Å². The van der Waals surface area contributed by atoms with Crippen molar-refractivity contribution < 1.29 is 13.3 Å². The monoisotopic (exact) mass is 233 g/mol. The van der Waals surface area contributed by atoms with Crippen LogP contribution in [0.2, 0.25) is 0 Å². The largest absolute Gasteiger partial charge is 0.750 e. The average Bonchev–Trinajstić information content (AvgIpc) is 2.57. The summed E-state index contributed by atoms with van der Waals surface area (Å²) in [6, 6.07) is 8.48. The Labute approximate surface area is 92.8 Å². The molecule has 0 fully saturated rings. The third-order valence-corrected chi connectivity index (χ3v) is 1.11. The maximum Gasteiger partial charge on any atom is 0.0814 e. The van der Waals surface area contributed by atoms with Gasteiger partial charge in [0.1, 0.15) is 0 Å². The van der Waals surface area contributed by atoms with Crippen LogP contribution in [-0.2, 0) is 11.4 Å². The Bertz CT molecular complexity index is 281. The Balaban J connectivity index is 0. The minimum atomic E-state index is -2.86. The summed E-state index contributed by atoms with van der Waals surface area (Å²) in [5.41, 5.74) is 2.85. The zero-order valence-electron chi connectivity index (χ0n) is 9.14. The molecule has 2 aliphatic carbocycles. The van der Waals surface area contributed by atoms with E-state index >= 15 is 0 Å². The van der Waals surface area contributed by atoms with Gasteiger partial charge in [0, 0.05) is 0 Å². The first-order valence-electron chi connectivity index (χ1n) is 3.93. The van der Waals surface area contributed by atoms with E-state index in [0.29, 0.717) is 0 Å². The molecule has 1 unspecified atom stereocenters. The third-order valence-electron chi connectivity index (χ3n) is 1.11. The van der Waals surface area contributed by atoms with Crippen LogP contribution in [0.5, 0.6) is 0 Å². The molecule has 0 bridgehead atoms. The summed E-state index contributed by atoms with van der Waals surface area (Å²) < 4.78 is 24.1. The lowest BCUT2D eigenvalue weighted by Crippen LogP contribution is -1.99. The second-order valence-electron chi connectivity index (χ2n) is 3.14.